The Balaban J connectivity index is 2.02. The smallest absolute Gasteiger partial charge is 0.187 e. The number of halogens is 1. The predicted molar refractivity (Wildman–Crippen MR) is 88.4 cm³/mol. The molecule has 2 aromatic rings. The van der Waals surface area contributed by atoms with Gasteiger partial charge >= 0.3 is 0 Å². The molecular formula is C15H20ClN3S. The fourth-order valence-corrected chi connectivity index (χ4v) is 3.04. The van der Waals surface area contributed by atoms with Crippen LogP contribution in [0.5, 0.6) is 0 Å². The molecule has 0 aliphatic heterocycles. The number of aromatic nitrogens is 1. The van der Waals surface area contributed by atoms with Gasteiger partial charge in [-0.1, -0.05) is 18.5 Å². The summed E-state index contributed by atoms with van der Waals surface area (Å²) in [6.07, 6.45) is 0.950. The lowest BCUT2D eigenvalue weighted by Crippen LogP contribution is -2.27. The third kappa shape index (κ3) is 4.20. The van der Waals surface area contributed by atoms with Crippen LogP contribution in [0.15, 0.2) is 23.6 Å². The van der Waals surface area contributed by atoms with Gasteiger partial charge in [0.25, 0.3) is 0 Å². The van der Waals surface area contributed by atoms with Gasteiger partial charge in [-0.2, -0.15) is 0 Å². The lowest BCUT2D eigenvalue weighted by atomic mass is 10.2. The van der Waals surface area contributed by atoms with E-state index in [4.69, 9.17) is 11.6 Å². The summed E-state index contributed by atoms with van der Waals surface area (Å²) in [6, 6.07) is 6.27. The summed E-state index contributed by atoms with van der Waals surface area (Å²) >= 11 is 7.60. The Kier molecular flexibility index (Phi) is 5.40. The van der Waals surface area contributed by atoms with Gasteiger partial charge in [0.1, 0.15) is 0 Å². The Labute approximate surface area is 129 Å². The normalized spacial score (nSPS) is 12.4. The quantitative estimate of drug-likeness (QED) is 0.831. The van der Waals surface area contributed by atoms with E-state index in [0.29, 0.717) is 6.04 Å². The fourth-order valence-electron chi connectivity index (χ4n) is 2.08. The molecule has 0 radical (unpaired) electrons. The molecule has 1 aromatic carbocycles. The first-order chi connectivity index (χ1) is 9.58. The van der Waals surface area contributed by atoms with E-state index < -0.39 is 0 Å². The first kappa shape index (κ1) is 15.3. The van der Waals surface area contributed by atoms with E-state index in [0.717, 1.165) is 40.1 Å². The molecule has 0 amide bonds. The van der Waals surface area contributed by atoms with Crippen LogP contribution in [-0.4, -0.2) is 17.6 Å². The highest BCUT2D eigenvalue weighted by Crippen LogP contribution is 2.25. The number of rotatable bonds is 6. The lowest BCUT2D eigenvalue weighted by Gasteiger charge is -2.09. The molecule has 0 bridgehead atoms. The third-order valence-corrected chi connectivity index (χ3v) is 4.09. The van der Waals surface area contributed by atoms with Gasteiger partial charge in [0.2, 0.25) is 0 Å². The number of anilines is 2. The van der Waals surface area contributed by atoms with E-state index in [1.165, 1.54) is 0 Å². The van der Waals surface area contributed by atoms with Gasteiger partial charge in [0.05, 0.1) is 5.69 Å². The first-order valence-electron chi connectivity index (χ1n) is 6.79. The minimum atomic E-state index is 0.451. The largest absolute Gasteiger partial charge is 0.331 e. The zero-order valence-corrected chi connectivity index (χ0v) is 13.6. The van der Waals surface area contributed by atoms with Crippen LogP contribution in [0.3, 0.4) is 0 Å². The van der Waals surface area contributed by atoms with Gasteiger partial charge in [-0.05, 0) is 44.2 Å². The Morgan fingerprint density at radius 1 is 1.40 bits per heavy atom. The molecule has 0 aliphatic carbocycles. The fraction of sp³-hybridized carbons (Fsp3) is 0.400. The van der Waals surface area contributed by atoms with Crippen molar-refractivity contribution in [1.82, 2.24) is 10.3 Å². The summed E-state index contributed by atoms with van der Waals surface area (Å²) in [5, 5.41) is 10.5. The number of nitrogens with zero attached hydrogens (tertiary/aromatic N) is 1. The van der Waals surface area contributed by atoms with Crippen LogP contribution >= 0.6 is 22.9 Å². The van der Waals surface area contributed by atoms with Crippen LogP contribution in [0.2, 0.25) is 5.02 Å². The van der Waals surface area contributed by atoms with E-state index >= 15 is 0 Å². The van der Waals surface area contributed by atoms with Crippen molar-refractivity contribution in [3.8, 4) is 0 Å². The monoisotopic (exact) mass is 309 g/mol. The Morgan fingerprint density at radius 3 is 2.90 bits per heavy atom. The lowest BCUT2D eigenvalue weighted by molar-refractivity contribution is 0.561. The van der Waals surface area contributed by atoms with Crippen molar-refractivity contribution in [1.29, 1.82) is 0 Å². The van der Waals surface area contributed by atoms with Gasteiger partial charge in [-0.3, -0.25) is 0 Å². The molecule has 0 saturated carbocycles. The molecule has 20 heavy (non-hydrogen) atoms. The molecule has 0 aliphatic rings. The van der Waals surface area contributed by atoms with E-state index in [-0.39, 0.29) is 0 Å². The van der Waals surface area contributed by atoms with Gasteiger partial charge < -0.3 is 10.6 Å². The molecule has 1 aromatic heterocycles. The van der Waals surface area contributed by atoms with Crippen molar-refractivity contribution in [2.45, 2.75) is 33.2 Å². The summed E-state index contributed by atoms with van der Waals surface area (Å²) < 4.78 is 0. The molecule has 0 saturated heterocycles. The average Bonchev–Trinajstić information content (AvgIpc) is 2.80. The Morgan fingerprint density at radius 2 is 2.20 bits per heavy atom. The minimum Gasteiger partial charge on any atom is -0.331 e. The second-order valence-corrected chi connectivity index (χ2v) is 6.19. The minimum absolute atomic E-state index is 0.451. The van der Waals surface area contributed by atoms with E-state index in [2.05, 4.69) is 34.8 Å². The molecule has 5 heteroatoms. The number of likely N-dealkylation sites (N-methyl/N-ethyl adjacent to an activating group) is 1. The SMILES string of the molecule is CCNC(C)Cc1csc(Nc2ccc(Cl)cc2C)n1. The first-order valence-corrected chi connectivity index (χ1v) is 8.05. The van der Waals surface area contributed by atoms with Crippen LogP contribution in [0.25, 0.3) is 0 Å². The molecule has 1 heterocycles. The highest BCUT2D eigenvalue weighted by molar-refractivity contribution is 7.13. The highest BCUT2D eigenvalue weighted by atomic mass is 35.5. The maximum Gasteiger partial charge on any atom is 0.187 e. The average molecular weight is 310 g/mol. The van der Waals surface area contributed by atoms with Gasteiger partial charge in [-0.15, -0.1) is 11.3 Å². The molecular weight excluding hydrogens is 290 g/mol. The van der Waals surface area contributed by atoms with Gasteiger partial charge in [0.15, 0.2) is 5.13 Å². The van der Waals surface area contributed by atoms with Crippen molar-refractivity contribution in [3.63, 3.8) is 0 Å². The van der Waals surface area contributed by atoms with Crippen LogP contribution in [-0.2, 0) is 6.42 Å². The van der Waals surface area contributed by atoms with E-state index in [1.54, 1.807) is 11.3 Å². The summed E-state index contributed by atoms with van der Waals surface area (Å²) in [6.45, 7) is 7.32. The molecule has 0 spiro atoms. The zero-order chi connectivity index (χ0) is 14.5. The Bertz CT molecular complexity index is 568. The van der Waals surface area contributed by atoms with Gasteiger partial charge in [-0.25, -0.2) is 4.98 Å². The molecule has 1 unspecified atom stereocenters. The number of nitrogens with one attached hydrogen (secondary N) is 2. The predicted octanol–water partition coefficient (Wildman–Crippen LogP) is 4.39. The van der Waals surface area contributed by atoms with Gasteiger partial charge in [0, 0.05) is 28.6 Å². The number of hydrogen-bond donors (Lipinski definition) is 2. The van der Waals surface area contributed by atoms with E-state index in [9.17, 15) is 0 Å². The second-order valence-electron chi connectivity index (χ2n) is 4.89. The maximum absolute atomic E-state index is 5.96. The number of benzene rings is 1. The highest BCUT2D eigenvalue weighted by Gasteiger charge is 2.07. The second kappa shape index (κ2) is 7.07. The van der Waals surface area contributed by atoms with Crippen molar-refractivity contribution >= 4 is 33.8 Å². The summed E-state index contributed by atoms with van der Waals surface area (Å²) in [7, 11) is 0. The molecule has 2 rings (SSSR count). The standard InChI is InChI=1S/C15H20ClN3S/c1-4-17-11(3)8-13-9-20-15(18-13)19-14-6-5-12(16)7-10(14)2/h5-7,9,11,17H,4,8H2,1-3H3,(H,18,19). The molecule has 3 nitrogen and oxygen atoms in total. The van der Waals surface area contributed by atoms with Crippen LogP contribution < -0.4 is 10.6 Å². The molecule has 1 atom stereocenters. The number of hydrogen-bond acceptors (Lipinski definition) is 4. The molecule has 2 N–H and O–H groups in total. The van der Waals surface area contributed by atoms with Crippen molar-refractivity contribution < 1.29 is 0 Å². The summed E-state index contributed by atoms with van der Waals surface area (Å²) in [4.78, 5) is 4.63. The van der Waals surface area contributed by atoms with E-state index in [1.807, 2.05) is 25.1 Å². The van der Waals surface area contributed by atoms with Crippen molar-refractivity contribution in [2.24, 2.45) is 0 Å². The number of thiazole rings is 1. The summed E-state index contributed by atoms with van der Waals surface area (Å²) in [5.41, 5.74) is 3.29. The van der Waals surface area contributed by atoms with Crippen LogP contribution in [0.1, 0.15) is 25.1 Å². The van der Waals surface area contributed by atoms with Crippen molar-refractivity contribution in [2.75, 3.05) is 11.9 Å². The Hall–Kier alpha value is -1.10. The maximum atomic E-state index is 5.96. The topological polar surface area (TPSA) is 37.0 Å². The third-order valence-electron chi connectivity index (χ3n) is 3.05. The van der Waals surface area contributed by atoms with Crippen molar-refractivity contribution in [3.05, 3.63) is 39.9 Å². The molecule has 0 fully saturated rings. The zero-order valence-electron chi connectivity index (χ0n) is 12.0. The summed E-state index contributed by atoms with van der Waals surface area (Å²) in [5.74, 6) is 0. The molecule has 108 valence electrons. The number of aryl methyl sites for hydroxylation is 1. The van der Waals surface area contributed by atoms with Crippen LogP contribution in [0, 0.1) is 6.92 Å². The van der Waals surface area contributed by atoms with Crippen LogP contribution in [0.4, 0.5) is 10.8 Å².